The Morgan fingerprint density at radius 1 is 1.00 bits per heavy atom. The molecule has 0 aliphatic heterocycles. The van der Waals surface area contributed by atoms with E-state index in [1.807, 2.05) is 18.2 Å². The molecule has 0 amide bonds. The summed E-state index contributed by atoms with van der Waals surface area (Å²) in [6.07, 6.45) is 6.03. The lowest BCUT2D eigenvalue weighted by Gasteiger charge is -2.12. The van der Waals surface area contributed by atoms with Gasteiger partial charge >= 0.3 is 0 Å². The summed E-state index contributed by atoms with van der Waals surface area (Å²) in [5.41, 5.74) is 1.12. The minimum Gasteiger partial charge on any atom is -0.491 e. The summed E-state index contributed by atoms with van der Waals surface area (Å²) >= 11 is 0. The van der Waals surface area contributed by atoms with E-state index in [0.29, 0.717) is 0 Å². The number of nitrogens with one attached hydrogen (secondary N) is 1. The highest BCUT2D eigenvalue weighted by molar-refractivity contribution is 5.56. The van der Waals surface area contributed by atoms with Gasteiger partial charge in [-0.3, -0.25) is 0 Å². The Labute approximate surface area is 105 Å². The van der Waals surface area contributed by atoms with Crippen LogP contribution in [0.3, 0.4) is 0 Å². The van der Waals surface area contributed by atoms with E-state index < -0.39 is 0 Å². The van der Waals surface area contributed by atoms with E-state index >= 15 is 0 Å². The molecule has 1 aromatic carbocycles. The fraction of sp³-hybridized carbons (Fsp3) is 0.600. The Morgan fingerprint density at radius 3 is 2.53 bits per heavy atom. The number of benzene rings is 1. The Balaban J connectivity index is 2.40. The number of para-hydroxylation sites is 2. The lowest BCUT2D eigenvalue weighted by molar-refractivity contribution is 0.307. The van der Waals surface area contributed by atoms with Gasteiger partial charge in [0.1, 0.15) is 5.75 Å². The second kappa shape index (κ2) is 8.91. The van der Waals surface area contributed by atoms with E-state index in [-0.39, 0.29) is 0 Å². The van der Waals surface area contributed by atoms with Crippen molar-refractivity contribution in [3.63, 3.8) is 0 Å². The van der Waals surface area contributed by atoms with Crippen molar-refractivity contribution in [2.45, 2.75) is 46.0 Å². The predicted molar refractivity (Wildman–Crippen MR) is 74.9 cm³/mol. The SMILES string of the molecule is CCCCCOc1ccccc1NCCCC. The molecule has 1 rings (SSSR count). The second-order valence-electron chi connectivity index (χ2n) is 4.33. The summed E-state index contributed by atoms with van der Waals surface area (Å²) in [5.74, 6) is 0.986. The summed E-state index contributed by atoms with van der Waals surface area (Å²) in [4.78, 5) is 0. The van der Waals surface area contributed by atoms with E-state index in [4.69, 9.17) is 4.74 Å². The zero-order valence-corrected chi connectivity index (χ0v) is 11.2. The maximum absolute atomic E-state index is 5.81. The maximum Gasteiger partial charge on any atom is 0.142 e. The van der Waals surface area contributed by atoms with Gasteiger partial charge in [-0.25, -0.2) is 0 Å². The Morgan fingerprint density at radius 2 is 1.76 bits per heavy atom. The van der Waals surface area contributed by atoms with Crippen molar-refractivity contribution in [3.8, 4) is 5.75 Å². The molecule has 0 radical (unpaired) electrons. The molecule has 1 N–H and O–H groups in total. The lowest BCUT2D eigenvalue weighted by atomic mass is 10.2. The Hall–Kier alpha value is -1.18. The van der Waals surface area contributed by atoms with Gasteiger partial charge in [0.05, 0.1) is 12.3 Å². The molecule has 0 bridgehead atoms. The first-order valence-electron chi connectivity index (χ1n) is 6.84. The summed E-state index contributed by atoms with van der Waals surface area (Å²) in [7, 11) is 0. The van der Waals surface area contributed by atoms with Crippen LogP contribution in [0, 0.1) is 0 Å². The fourth-order valence-corrected chi connectivity index (χ4v) is 1.67. The summed E-state index contributed by atoms with van der Waals surface area (Å²) in [6.45, 7) is 6.25. The molecule has 0 atom stereocenters. The Kier molecular flexibility index (Phi) is 7.28. The van der Waals surface area contributed by atoms with Crippen molar-refractivity contribution >= 4 is 5.69 Å². The molecule has 1 aromatic rings. The molecule has 0 saturated heterocycles. The van der Waals surface area contributed by atoms with Crippen LogP contribution in [0.5, 0.6) is 5.75 Å². The van der Waals surface area contributed by atoms with Crippen molar-refractivity contribution in [3.05, 3.63) is 24.3 Å². The van der Waals surface area contributed by atoms with Gasteiger partial charge < -0.3 is 10.1 Å². The molecule has 0 aliphatic carbocycles. The zero-order chi connectivity index (χ0) is 12.3. The van der Waals surface area contributed by atoms with Crippen molar-refractivity contribution < 1.29 is 4.74 Å². The minimum atomic E-state index is 0.820. The van der Waals surface area contributed by atoms with Crippen molar-refractivity contribution in [2.75, 3.05) is 18.5 Å². The van der Waals surface area contributed by atoms with Gasteiger partial charge in [0, 0.05) is 6.54 Å². The first kappa shape index (κ1) is 13.9. The van der Waals surface area contributed by atoms with E-state index in [1.165, 1.54) is 25.7 Å². The molecule has 0 spiro atoms. The third kappa shape index (κ3) is 5.62. The third-order valence-corrected chi connectivity index (χ3v) is 2.74. The molecule has 0 unspecified atom stereocenters. The quantitative estimate of drug-likeness (QED) is 0.638. The number of hydrogen-bond donors (Lipinski definition) is 1. The predicted octanol–water partition coefficient (Wildman–Crippen LogP) is 4.47. The number of ether oxygens (including phenoxy) is 1. The number of rotatable bonds is 9. The number of unbranched alkanes of at least 4 members (excludes halogenated alkanes) is 3. The van der Waals surface area contributed by atoms with Crippen LogP contribution in [0.25, 0.3) is 0 Å². The molecule has 2 nitrogen and oxygen atoms in total. The van der Waals surface area contributed by atoms with Gasteiger partial charge in [-0.15, -0.1) is 0 Å². The van der Waals surface area contributed by atoms with Crippen LogP contribution in [0.2, 0.25) is 0 Å². The molecular weight excluding hydrogens is 210 g/mol. The topological polar surface area (TPSA) is 21.3 Å². The molecular formula is C15H25NO. The first-order chi connectivity index (χ1) is 8.38. The van der Waals surface area contributed by atoms with Crippen LogP contribution in [0.4, 0.5) is 5.69 Å². The number of anilines is 1. The normalized spacial score (nSPS) is 10.2. The van der Waals surface area contributed by atoms with Crippen LogP contribution in [-0.4, -0.2) is 13.2 Å². The Bertz CT molecular complexity index is 299. The van der Waals surface area contributed by atoms with Crippen molar-refractivity contribution in [1.29, 1.82) is 0 Å². The molecule has 2 heteroatoms. The van der Waals surface area contributed by atoms with E-state index in [0.717, 1.165) is 31.0 Å². The molecule has 0 fully saturated rings. The lowest BCUT2D eigenvalue weighted by Crippen LogP contribution is -2.04. The van der Waals surface area contributed by atoms with Crippen molar-refractivity contribution in [1.82, 2.24) is 0 Å². The van der Waals surface area contributed by atoms with Crippen LogP contribution in [0.15, 0.2) is 24.3 Å². The molecule has 0 saturated carbocycles. The highest BCUT2D eigenvalue weighted by atomic mass is 16.5. The van der Waals surface area contributed by atoms with Crippen LogP contribution >= 0.6 is 0 Å². The molecule has 0 heterocycles. The minimum absolute atomic E-state index is 0.820. The van der Waals surface area contributed by atoms with Crippen LogP contribution < -0.4 is 10.1 Å². The molecule has 17 heavy (non-hydrogen) atoms. The highest BCUT2D eigenvalue weighted by Gasteiger charge is 2.01. The van der Waals surface area contributed by atoms with Crippen LogP contribution in [0.1, 0.15) is 46.0 Å². The summed E-state index contributed by atoms with van der Waals surface area (Å²) in [5, 5.41) is 3.43. The largest absolute Gasteiger partial charge is 0.491 e. The van der Waals surface area contributed by atoms with E-state index in [2.05, 4.69) is 25.2 Å². The zero-order valence-electron chi connectivity index (χ0n) is 11.2. The molecule has 0 aliphatic rings. The summed E-state index contributed by atoms with van der Waals surface area (Å²) in [6, 6.07) is 8.21. The average Bonchev–Trinajstić information content (AvgIpc) is 2.36. The van der Waals surface area contributed by atoms with Gasteiger partial charge in [0.2, 0.25) is 0 Å². The fourth-order valence-electron chi connectivity index (χ4n) is 1.67. The van der Waals surface area contributed by atoms with Crippen molar-refractivity contribution in [2.24, 2.45) is 0 Å². The van der Waals surface area contributed by atoms with Gasteiger partial charge in [-0.05, 0) is 25.0 Å². The monoisotopic (exact) mass is 235 g/mol. The standard InChI is InChI=1S/C15H25NO/c1-3-5-9-13-17-15-11-8-7-10-14(15)16-12-6-4-2/h7-8,10-11,16H,3-6,9,12-13H2,1-2H3. The van der Waals surface area contributed by atoms with E-state index in [1.54, 1.807) is 0 Å². The van der Waals surface area contributed by atoms with Crippen LogP contribution in [-0.2, 0) is 0 Å². The maximum atomic E-state index is 5.81. The smallest absolute Gasteiger partial charge is 0.142 e. The summed E-state index contributed by atoms with van der Waals surface area (Å²) < 4.78 is 5.81. The molecule has 96 valence electrons. The average molecular weight is 235 g/mol. The first-order valence-corrected chi connectivity index (χ1v) is 6.84. The second-order valence-corrected chi connectivity index (χ2v) is 4.33. The van der Waals surface area contributed by atoms with Gasteiger partial charge in [-0.1, -0.05) is 45.2 Å². The van der Waals surface area contributed by atoms with E-state index in [9.17, 15) is 0 Å². The highest BCUT2D eigenvalue weighted by Crippen LogP contribution is 2.23. The molecule has 0 aromatic heterocycles. The number of hydrogen-bond acceptors (Lipinski definition) is 2. The van der Waals surface area contributed by atoms with Gasteiger partial charge in [0.25, 0.3) is 0 Å². The third-order valence-electron chi connectivity index (χ3n) is 2.74. The van der Waals surface area contributed by atoms with Gasteiger partial charge in [-0.2, -0.15) is 0 Å². The van der Waals surface area contributed by atoms with Gasteiger partial charge in [0.15, 0.2) is 0 Å².